The topological polar surface area (TPSA) is 87.7 Å². The number of nitrogens with zero attached hydrogens (tertiary/aromatic N) is 1. The van der Waals surface area contributed by atoms with Gasteiger partial charge in [0.25, 0.3) is 5.91 Å². The van der Waals surface area contributed by atoms with Crippen LogP contribution in [0.1, 0.15) is 43.3 Å². The van der Waals surface area contributed by atoms with Crippen LogP contribution < -0.4 is 10.6 Å². The number of piperidine rings is 1. The third-order valence-electron chi connectivity index (χ3n) is 5.43. The zero-order valence-corrected chi connectivity index (χ0v) is 20.7. The first kappa shape index (κ1) is 23.5. The average molecular weight is 488 g/mol. The standard InChI is InChI=1S/C24H29N3O4S2/c1-24(2,3)31-23(30)26-11-10-25-21(28)15-7-6-12-27(14-15)22(29)19-13-18-20(33-19)16-8-4-5-9-17(16)32-18/h4-5,8-9,13,15H,6-7,10-12,14H2,1-3H3,(H,25,28)(H,26,30). The van der Waals surface area contributed by atoms with Gasteiger partial charge >= 0.3 is 6.09 Å². The van der Waals surface area contributed by atoms with E-state index in [0.717, 1.165) is 27.1 Å². The number of fused-ring (bicyclic) bond motifs is 3. The molecule has 33 heavy (non-hydrogen) atoms. The molecule has 0 spiro atoms. The molecule has 0 bridgehead atoms. The van der Waals surface area contributed by atoms with Crippen molar-refractivity contribution in [2.24, 2.45) is 5.92 Å². The van der Waals surface area contributed by atoms with Crippen LogP contribution in [0.15, 0.2) is 30.3 Å². The van der Waals surface area contributed by atoms with Crippen molar-refractivity contribution in [3.05, 3.63) is 35.2 Å². The molecule has 3 aromatic rings. The maximum absolute atomic E-state index is 13.2. The van der Waals surface area contributed by atoms with E-state index in [1.54, 1.807) is 37.0 Å². The Bertz CT molecular complexity index is 1180. The summed E-state index contributed by atoms with van der Waals surface area (Å²) in [4.78, 5) is 40.0. The van der Waals surface area contributed by atoms with E-state index in [4.69, 9.17) is 4.74 Å². The summed E-state index contributed by atoms with van der Waals surface area (Å²) in [7, 11) is 0. The minimum absolute atomic E-state index is 0.00317. The molecule has 1 fully saturated rings. The second-order valence-electron chi connectivity index (χ2n) is 9.21. The van der Waals surface area contributed by atoms with Crippen molar-refractivity contribution in [2.45, 2.75) is 39.2 Å². The van der Waals surface area contributed by atoms with E-state index in [9.17, 15) is 14.4 Å². The predicted molar refractivity (Wildman–Crippen MR) is 133 cm³/mol. The van der Waals surface area contributed by atoms with Crippen molar-refractivity contribution < 1.29 is 19.1 Å². The first-order valence-electron chi connectivity index (χ1n) is 11.2. The molecule has 1 unspecified atom stereocenters. The summed E-state index contributed by atoms with van der Waals surface area (Å²) in [5.41, 5.74) is -0.559. The van der Waals surface area contributed by atoms with Gasteiger partial charge in [-0.15, -0.1) is 22.7 Å². The summed E-state index contributed by atoms with van der Waals surface area (Å²) < 4.78 is 8.70. The van der Waals surface area contributed by atoms with E-state index in [1.807, 2.05) is 18.2 Å². The Morgan fingerprint density at radius 3 is 2.64 bits per heavy atom. The lowest BCUT2D eigenvalue weighted by Gasteiger charge is -2.31. The minimum atomic E-state index is -0.559. The Balaban J connectivity index is 1.30. The number of hydrogen-bond acceptors (Lipinski definition) is 6. The van der Waals surface area contributed by atoms with Gasteiger partial charge in [0.05, 0.1) is 15.5 Å². The summed E-state index contributed by atoms with van der Waals surface area (Å²) in [6.07, 6.45) is 1.04. The highest BCUT2D eigenvalue weighted by Crippen LogP contribution is 2.39. The molecule has 1 aliphatic heterocycles. The van der Waals surface area contributed by atoms with E-state index in [1.165, 1.54) is 21.4 Å². The van der Waals surface area contributed by atoms with Gasteiger partial charge in [-0.05, 0) is 45.7 Å². The number of alkyl carbamates (subject to hydrolysis) is 1. The second kappa shape index (κ2) is 9.69. The molecule has 7 nitrogen and oxygen atoms in total. The molecule has 4 rings (SSSR count). The highest BCUT2D eigenvalue weighted by Gasteiger charge is 2.30. The number of benzene rings is 1. The van der Waals surface area contributed by atoms with E-state index < -0.39 is 11.7 Å². The molecule has 0 radical (unpaired) electrons. The summed E-state index contributed by atoms with van der Waals surface area (Å²) in [5.74, 6) is -0.334. The van der Waals surface area contributed by atoms with Crippen LogP contribution in [0.2, 0.25) is 0 Å². The molecule has 0 aliphatic carbocycles. The van der Waals surface area contributed by atoms with Gasteiger partial charge in [-0.2, -0.15) is 0 Å². The monoisotopic (exact) mass is 487 g/mol. The van der Waals surface area contributed by atoms with Crippen LogP contribution in [-0.4, -0.2) is 54.6 Å². The maximum atomic E-state index is 13.2. The van der Waals surface area contributed by atoms with E-state index in [2.05, 4.69) is 22.8 Å². The number of carbonyl (C=O) groups excluding carboxylic acids is 3. The van der Waals surface area contributed by atoms with E-state index >= 15 is 0 Å². The minimum Gasteiger partial charge on any atom is -0.444 e. The molecule has 3 heterocycles. The summed E-state index contributed by atoms with van der Waals surface area (Å²) in [6, 6.07) is 10.2. The Morgan fingerprint density at radius 1 is 1.09 bits per heavy atom. The van der Waals surface area contributed by atoms with Gasteiger partial charge in [-0.1, -0.05) is 18.2 Å². The van der Waals surface area contributed by atoms with Gasteiger partial charge in [0.2, 0.25) is 5.91 Å². The summed E-state index contributed by atoms with van der Waals surface area (Å²) in [6.45, 7) is 7.07. The van der Waals surface area contributed by atoms with Crippen molar-refractivity contribution in [1.82, 2.24) is 15.5 Å². The quantitative estimate of drug-likeness (QED) is 0.515. The van der Waals surface area contributed by atoms with Crippen LogP contribution in [0.5, 0.6) is 0 Å². The molecule has 176 valence electrons. The number of hydrogen-bond donors (Lipinski definition) is 2. The second-order valence-corrected chi connectivity index (χ2v) is 11.3. The number of likely N-dealkylation sites (tertiary alicyclic amines) is 1. The van der Waals surface area contributed by atoms with Gasteiger partial charge in [0.15, 0.2) is 0 Å². The number of ether oxygens (including phenoxy) is 1. The third-order valence-corrected chi connectivity index (χ3v) is 7.84. The normalized spacial score (nSPS) is 16.7. The lowest BCUT2D eigenvalue weighted by atomic mass is 9.97. The molecule has 0 saturated carbocycles. The summed E-state index contributed by atoms with van der Waals surface area (Å²) in [5, 5.41) is 6.69. The van der Waals surface area contributed by atoms with Crippen molar-refractivity contribution in [3.63, 3.8) is 0 Å². The van der Waals surface area contributed by atoms with Crippen LogP contribution in [0.25, 0.3) is 19.5 Å². The lowest BCUT2D eigenvalue weighted by Crippen LogP contribution is -2.46. The largest absolute Gasteiger partial charge is 0.444 e. The first-order valence-corrected chi connectivity index (χ1v) is 12.8. The van der Waals surface area contributed by atoms with E-state index in [-0.39, 0.29) is 24.3 Å². The Hall–Kier alpha value is -2.65. The number of nitrogens with one attached hydrogen (secondary N) is 2. The lowest BCUT2D eigenvalue weighted by molar-refractivity contribution is -0.126. The Kier molecular flexibility index (Phi) is 6.90. The van der Waals surface area contributed by atoms with E-state index in [0.29, 0.717) is 19.6 Å². The van der Waals surface area contributed by atoms with Crippen molar-refractivity contribution >= 4 is 60.1 Å². The number of carbonyl (C=O) groups is 3. The number of thiophene rings is 2. The summed E-state index contributed by atoms with van der Waals surface area (Å²) >= 11 is 3.24. The van der Waals surface area contributed by atoms with Crippen LogP contribution in [0.4, 0.5) is 4.79 Å². The number of rotatable bonds is 5. The maximum Gasteiger partial charge on any atom is 0.407 e. The van der Waals surface area contributed by atoms with Crippen LogP contribution in [0, 0.1) is 5.92 Å². The third kappa shape index (κ3) is 5.65. The van der Waals surface area contributed by atoms with Gasteiger partial charge in [-0.25, -0.2) is 4.79 Å². The highest BCUT2D eigenvalue weighted by atomic mass is 32.1. The van der Waals surface area contributed by atoms with Gasteiger partial charge < -0.3 is 20.3 Å². The highest BCUT2D eigenvalue weighted by molar-refractivity contribution is 7.33. The zero-order chi connectivity index (χ0) is 23.6. The average Bonchev–Trinajstić information content (AvgIpc) is 3.33. The predicted octanol–water partition coefficient (Wildman–Crippen LogP) is 4.61. The zero-order valence-electron chi connectivity index (χ0n) is 19.1. The molecular formula is C24H29N3O4S2. The SMILES string of the molecule is CC(C)(C)OC(=O)NCCNC(=O)C1CCCN(C(=O)c2cc3sc4ccccc4c3s2)C1. The van der Waals surface area contributed by atoms with Crippen LogP contribution in [0.3, 0.4) is 0 Å². The van der Waals surface area contributed by atoms with Crippen LogP contribution >= 0.6 is 22.7 Å². The number of amides is 3. The fourth-order valence-corrected chi connectivity index (χ4v) is 6.44. The molecule has 2 N–H and O–H groups in total. The van der Waals surface area contributed by atoms with Crippen molar-refractivity contribution in [2.75, 3.05) is 26.2 Å². The molecule has 1 atom stereocenters. The Labute approximate surface area is 201 Å². The van der Waals surface area contributed by atoms with Gasteiger partial charge in [-0.3, -0.25) is 9.59 Å². The van der Waals surface area contributed by atoms with Crippen molar-refractivity contribution in [3.8, 4) is 0 Å². The first-order chi connectivity index (χ1) is 15.7. The molecule has 2 aromatic heterocycles. The fraction of sp³-hybridized carbons (Fsp3) is 0.458. The smallest absolute Gasteiger partial charge is 0.407 e. The van der Waals surface area contributed by atoms with Gasteiger partial charge in [0, 0.05) is 41.0 Å². The molecule has 9 heteroatoms. The Morgan fingerprint density at radius 2 is 1.85 bits per heavy atom. The van der Waals surface area contributed by atoms with Gasteiger partial charge in [0.1, 0.15) is 5.60 Å². The molecule has 1 saturated heterocycles. The fourth-order valence-electron chi connectivity index (χ4n) is 3.95. The molecule has 3 amide bonds. The molecular weight excluding hydrogens is 458 g/mol. The molecule has 1 aromatic carbocycles. The van der Waals surface area contributed by atoms with Crippen LogP contribution in [-0.2, 0) is 9.53 Å². The van der Waals surface area contributed by atoms with Crippen molar-refractivity contribution in [1.29, 1.82) is 0 Å². The molecule has 1 aliphatic rings.